The standard InChI is InChI=1S/C10H14ClNO2/c1-6-4-7(9(12)2-3-13)10(14)5-8(6)11/h4-5,9,13-14H,2-3,12H2,1H3/t9-/m1/s1. The van der Waals surface area contributed by atoms with Crippen LogP contribution < -0.4 is 5.73 Å². The number of benzene rings is 1. The second-order valence-electron chi connectivity index (χ2n) is 3.28. The van der Waals surface area contributed by atoms with Gasteiger partial charge in [0.1, 0.15) is 5.75 Å². The summed E-state index contributed by atoms with van der Waals surface area (Å²) in [5.41, 5.74) is 7.26. The van der Waals surface area contributed by atoms with E-state index in [2.05, 4.69) is 0 Å². The zero-order chi connectivity index (χ0) is 10.7. The van der Waals surface area contributed by atoms with Gasteiger partial charge in [0.2, 0.25) is 0 Å². The van der Waals surface area contributed by atoms with Crippen molar-refractivity contribution in [2.75, 3.05) is 6.61 Å². The molecular weight excluding hydrogens is 202 g/mol. The van der Waals surface area contributed by atoms with E-state index in [4.69, 9.17) is 22.4 Å². The number of phenolic OH excluding ortho intramolecular Hbond substituents is 1. The van der Waals surface area contributed by atoms with Crippen molar-refractivity contribution < 1.29 is 10.2 Å². The molecule has 0 saturated heterocycles. The van der Waals surface area contributed by atoms with E-state index in [1.807, 2.05) is 6.92 Å². The van der Waals surface area contributed by atoms with Crippen molar-refractivity contribution in [2.24, 2.45) is 5.73 Å². The first-order valence-electron chi connectivity index (χ1n) is 4.41. The van der Waals surface area contributed by atoms with Gasteiger partial charge in [-0.05, 0) is 31.0 Å². The Morgan fingerprint density at radius 2 is 2.14 bits per heavy atom. The molecular formula is C10H14ClNO2. The van der Waals surface area contributed by atoms with Gasteiger partial charge in [0.25, 0.3) is 0 Å². The summed E-state index contributed by atoms with van der Waals surface area (Å²) >= 11 is 5.82. The maximum absolute atomic E-state index is 9.57. The molecule has 1 aromatic rings. The minimum absolute atomic E-state index is 0.00226. The molecule has 0 fully saturated rings. The van der Waals surface area contributed by atoms with Crippen molar-refractivity contribution >= 4 is 11.6 Å². The molecule has 1 atom stereocenters. The van der Waals surface area contributed by atoms with Gasteiger partial charge in [-0.25, -0.2) is 0 Å². The fraction of sp³-hybridized carbons (Fsp3) is 0.400. The number of hydrogen-bond donors (Lipinski definition) is 3. The lowest BCUT2D eigenvalue weighted by molar-refractivity contribution is 0.275. The third-order valence-corrected chi connectivity index (χ3v) is 2.55. The van der Waals surface area contributed by atoms with Crippen molar-refractivity contribution in [1.82, 2.24) is 0 Å². The Morgan fingerprint density at radius 1 is 1.50 bits per heavy atom. The van der Waals surface area contributed by atoms with Crippen LogP contribution >= 0.6 is 11.6 Å². The molecule has 0 spiro atoms. The van der Waals surface area contributed by atoms with Crippen molar-refractivity contribution in [2.45, 2.75) is 19.4 Å². The largest absolute Gasteiger partial charge is 0.508 e. The second kappa shape index (κ2) is 4.64. The molecule has 1 aromatic carbocycles. The minimum Gasteiger partial charge on any atom is -0.508 e. The molecule has 4 heteroatoms. The second-order valence-corrected chi connectivity index (χ2v) is 3.69. The monoisotopic (exact) mass is 215 g/mol. The number of aryl methyl sites for hydroxylation is 1. The van der Waals surface area contributed by atoms with Gasteiger partial charge in [-0.15, -0.1) is 0 Å². The van der Waals surface area contributed by atoms with Gasteiger partial charge < -0.3 is 15.9 Å². The van der Waals surface area contributed by atoms with Crippen LogP contribution in [0.15, 0.2) is 12.1 Å². The lowest BCUT2D eigenvalue weighted by atomic mass is 10.0. The number of nitrogens with two attached hydrogens (primary N) is 1. The van der Waals surface area contributed by atoms with Crippen LogP contribution in [0.1, 0.15) is 23.6 Å². The molecule has 1 rings (SSSR count). The van der Waals surface area contributed by atoms with E-state index in [0.717, 1.165) is 5.56 Å². The topological polar surface area (TPSA) is 66.5 Å². The number of halogens is 1. The number of aliphatic hydroxyl groups excluding tert-OH is 1. The third kappa shape index (κ3) is 2.38. The van der Waals surface area contributed by atoms with Crippen LogP contribution in [0.25, 0.3) is 0 Å². The highest BCUT2D eigenvalue weighted by Crippen LogP contribution is 2.30. The van der Waals surface area contributed by atoms with Gasteiger partial charge in [-0.3, -0.25) is 0 Å². The number of hydrogen-bond acceptors (Lipinski definition) is 3. The normalized spacial score (nSPS) is 12.9. The minimum atomic E-state index is -0.351. The highest BCUT2D eigenvalue weighted by Gasteiger charge is 2.12. The summed E-state index contributed by atoms with van der Waals surface area (Å²) in [6, 6.07) is 2.87. The highest BCUT2D eigenvalue weighted by molar-refractivity contribution is 6.31. The summed E-state index contributed by atoms with van der Waals surface area (Å²) in [4.78, 5) is 0. The highest BCUT2D eigenvalue weighted by atomic mass is 35.5. The van der Waals surface area contributed by atoms with E-state index < -0.39 is 0 Å². The third-order valence-electron chi connectivity index (χ3n) is 2.15. The molecule has 0 aliphatic heterocycles. The number of rotatable bonds is 3. The molecule has 0 aliphatic rings. The molecule has 0 saturated carbocycles. The van der Waals surface area contributed by atoms with Crippen LogP contribution in [0.5, 0.6) is 5.75 Å². The Hall–Kier alpha value is -0.770. The fourth-order valence-corrected chi connectivity index (χ4v) is 1.44. The van der Waals surface area contributed by atoms with E-state index in [0.29, 0.717) is 17.0 Å². The van der Waals surface area contributed by atoms with Gasteiger partial charge in [-0.2, -0.15) is 0 Å². The quantitative estimate of drug-likeness (QED) is 0.720. The molecule has 0 aliphatic carbocycles. The molecule has 0 bridgehead atoms. The maximum atomic E-state index is 9.57. The molecule has 0 heterocycles. The first kappa shape index (κ1) is 11.3. The van der Waals surface area contributed by atoms with Crippen LogP contribution in [-0.4, -0.2) is 16.8 Å². The average Bonchev–Trinajstić information content (AvgIpc) is 2.11. The Bertz CT molecular complexity index is 328. The van der Waals surface area contributed by atoms with E-state index in [-0.39, 0.29) is 18.4 Å². The van der Waals surface area contributed by atoms with E-state index in [1.165, 1.54) is 6.07 Å². The first-order chi connectivity index (χ1) is 6.56. The summed E-state index contributed by atoms with van der Waals surface area (Å²) in [7, 11) is 0. The summed E-state index contributed by atoms with van der Waals surface area (Å²) < 4.78 is 0. The van der Waals surface area contributed by atoms with E-state index >= 15 is 0 Å². The van der Waals surface area contributed by atoms with Crippen molar-refractivity contribution in [3.63, 3.8) is 0 Å². The van der Waals surface area contributed by atoms with E-state index in [1.54, 1.807) is 6.07 Å². The number of phenols is 1. The number of aliphatic hydroxyl groups is 1. The van der Waals surface area contributed by atoms with Gasteiger partial charge >= 0.3 is 0 Å². The predicted octanol–water partition coefficient (Wildman–Crippen LogP) is 1.74. The van der Waals surface area contributed by atoms with Gasteiger partial charge in [0.15, 0.2) is 0 Å². The van der Waals surface area contributed by atoms with Crippen LogP contribution in [0.4, 0.5) is 0 Å². The van der Waals surface area contributed by atoms with Crippen LogP contribution in [-0.2, 0) is 0 Å². The van der Waals surface area contributed by atoms with Crippen LogP contribution in [0.3, 0.4) is 0 Å². The molecule has 4 N–H and O–H groups in total. The average molecular weight is 216 g/mol. The fourth-order valence-electron chi connectivity index (χ4n) is 1.28. The Balaban J connectivity index is 3.02. The van der Waals surface area contributed by atoms with Crippen LogP contribution in [0.2, 0.25) is 5.02 Å². The molecule has 0 unspecified atom stereocenters. The molecule has 14 heavy (non-hydrogen) atoms. The molecule has 3 nitrogen and oxygen atoms in total. The lowest BCUT2D eigenvalue weighted by Gasteiger charge is -2.13. The Labute approximate surface area is 88.1 Å². The predicted molar refractivity (Wildman–Crippen MR) is 56.5 cm³/mol. The maximum Gasteiger partial charge on any atom is 0.121 e. The molecule has 0 radical (unpaired) electrons. The summed E-state index contributed by atoms with van der Waals surface area (Å²) in [6.07, 6.45) is 0.425. The van der Waals surface area contributed by atoms with Gasteiger partial charge in [0, 0.05) is 23.2 Å². The first-order valence-corrected chi connectivity index (χ1v) is 4.79. The SMILES string of the molecule is Cc1cc([C@H](N)CCO)c(O)cc1Cl. The van der Waals surface area contributed by atoms with Crippen molar-refractivity contribution in [1.29, 1.82) is 0 Å². The molecule has 0 amide bonds. The lowest BCUT2D eigenvalue weighted by Crippen LogP contribution is -2.12. The van der Waals surface area contributed by atoms with E-state index in [9.17, 15) is 5.11 Å². The summed E-state index contributed by atoms with van der Waals surface area (Å²) in [5.74, 6) is 0.0848. The van der Waals surface area contributed by atoms with Crippen LogP contribution in [0, 0.1) is 6.92 Å². The zero-order valence-corrected chi connectivity index (χ0v) is 8.75. The zero-order valence-electron chi connectivity index (χ0n) is 8.00. The van der Waals surface area contributed by atoms with Gasteiger partial charge in [-0.1, -0.05) is 11.6 Å². The Kier molecular flexibility index (Phi) is 3.75. The molecule has 0 aromatic heterocycles. The summed E-state index contributed by atoms with van der Waals surface area (Å²) in [5, 5.41) is 18.8. The number of aromatic hydroxyl groups is 1. The summed E-state index contributed by atoms with van der Waals surface area (Å²) in [6.45, 7) is 1.85. The molecule has 78 valence electrons. The Morgan fingerprint density at radius 3 is 2.71 bits per heavy atom. The van der Waals surface area contributed by atoms with Crippen molar-refractivity contribution in [3.8, 4) is 5.75 Å². The van der Waals surface area contributed by atoms with Crippen molar-refractivity contribution in [3.05, 3.63) is 28.3 Å². The van der Waals surface area contributed by atoms with Gasteiger partial charge in [0.05, 0.1) is 0 Å². The smallest absolute Gasteiger partial charge is 0.121 e.